The molecule has 3 aromatic rings. The molecule has 2 aliphatic heterocycles. The summed E-state index contributed by atoms with van der Waals surface area (Å²) < 4.78 is 5.23. The van der Waals surface area contributed by atoms with Gasteiger partial charge < -0.3 is 9.64 Å². The van der Waals surface area contributed by atoms with Gasteiger partial charge in [0.25, 0.3) is 0 Å². The second-order valence-electron chi connectivity index (χ2n) is 7.96. The molecule has 5 nitrogen and oxygen atoms in total. The van der Waals surface area contributed by atoms with E-state index in [1.165, 1.54) is 11.3 Å². The van der Waals surface area contributed by atoms with E-state index in [-0.39, 0.29) is 5.78 Å². The van der Waals surface area contributed by atoms with Crippen LogP contribution in [0, 0.1) is 28.1 Å². The van der Waals surface area contributed by atoms with Gasteiger partial charge in [-0.1, -0.05) is 24.3 Å². The van der Waals surface area contributed by atoms with Crippen molar-refractivity contribution in [2.45, 2.75) is 18.0 Å². The summed E-state index contributed by atoms with van der Waals surface area (Å²) in [5, 5.41) is 24.7. The van der Waals surface area contributed by atoms with E-state index >= 15 is 0 Å². The number of methoxy groups -OCH3 is 1. The Morgan fingerprint density at radius 1 is 1.09 bits per heavy atom. The number of Topliss-reactive ketones (excluding diaryl/α,β-unsaturated/α-hetero) is 1. The van der Waals surface area contributed by atoms with E-state index in [2.05, 4.69) is 12.1 Å². The van der Waals surface area contributed by atoms with Crippen LogP contribution in [-0.2, 0) is 0 Å². The van der Waals surface area contributed by atoms with Crippen LogP contribution < -0.4 is 4.74 Å². The van der Waals surface area contributed by atoms with E-state index in [1.807, 2.05) is 58.3 Å². The first-order valence-corrected chi connectivity index (χ1v) is 11.2. The van der Waals surface area contributed by atoms with Crippen molar-refractivity contribution in [2.24, 2.45) is 5.41 Å². The van der Waals surface area contributed by atoms with Gasteiger partial charge in [-0.3, -0.25) is 4.79 Å². The molecule has 0 N–H and O–H groups in total. The molecule has 0 spiro atoms. The number of ether oxygens (including phenoxy) is 1. The number of nitriles is 2. The first kappa shape index (κ1) is 20.1. The summed E-state index contributed by atoms with van der Waals surface area (Å²) in [5.74, 6) is -0.0557. The van der Waals surface area contributed by atoms with Crippen LogP contribution >= 0.6 is 11.3 Å². The SMILES string of the molecule is COc1ccc(C(=O)[C@@H]2[C@@H](c3ccsc3)C(C#N)(C#N)[C@H]3c4ccccc4C=CN23)cc1. The van der Waals surface area contributed by atoms with Crippen molar-refractivity contribution in [1.82, 2.24) is 4.90 Å². The summed E-state index contributed by atoms with van der Waals surface area (Å²) in [6, 6.07) is 20.1. The molecular formula is C26H19N3O2S. The monoisotopic (exact) mass is 437 g/mol. The molecule has 6 heteroatoms. The van der Waals surface area contributed by atoms with Crippen LogP contribution in [0.15, 0.2) is 71.6 Å². The lowest BCUT2D eigenvalue weighted by molar-refractivity contribution is 0.0875. The summed E-state index contributed by atoms with van der Waals surface area (Å²) in [4.78, 5) is 15.8. The van der Waals surface area contributed by atoms with E-state index in [1.54, 1.807) is 31.4 Å². The van der Waals surface area contributed by atoms with Gasteiger partial charge in [0.1, 0.15) is 11.8 Å². The molecular weight excluding hydrogens is 418 g/mol. The van der Waals surface area contributed by atoms with Gasteiger partial charge in [-0.25, -0.2) is 0 Å². The molecule has 1 saturated heterocycles. The van der Waals surface area contributed by atoms with Crippen molar-refractivity contribution in [1.29, 1.82) is 10.5 Å². The molecule has 2 aliphatic rings. The third kappa shape index (κ3) is 2.77. The maximum atomic E-state index is 13.9. The molecule has 0 saturated carbocycles. The zero-order chi connectivity index (χ0) is 22.3. The fraction of sp³-hybridized carbons (Fsp3) is 0.192. The highest BCUT2D eigenvalue weighted by Gasteiger charge is 2.63. The Bertz CT molecular complexity index is 1270. The minimum absolute atomic E-state index is 0.120. The number of carbonyl (C=O) groups is 1. The molecule has 0 aliphatic carbocycles. The summed E-state index contributed by atoms with van der Waals surface area (Å²) in [5.41, 5.74) is 1.79. The van der Waals surface area contributed by atoms with Gasteiger partial charge in [0.05, 0.1) is 25.3 Å². The smallest absolute Gasteiger partial charge is 0.185 e. The van der Waals surface area contributed by atoms with Crippen LogP contribution in [0.1, 0.15) is 39.0 Å². The van der Waals surface area contributed by atoms with Gasteiger partial charge in [0.2, 0.25) is 0 Å². The molecule has 0 bridgehead atoms. The van der Waals surface area contributed by atoms with Gasteiger partial charge in [0, 0.05) is 17.7 Å². The van der Waals surface area contributed by atoms with Crippen molar-refractivity contribution in [3.63, 3.8) is 0 Å². The van der Waals surface area contributed by atoms with Crippen LogP contribution in [0.4, 0.5) is 0 Å². The highest BCUT2D eigenvalue weighted by atomic mass is 32.1. The van der Waals surface area contributed by atoms with Crippen LogP contribution in [-0.4, -0.2) is 23.8 Å². The fourth-order valence-electron chi connectivity index (χ4n) is 5.05. The van der Waals surface area contributed by atoms with Crippen LogP contribution in [0.3, 0.4) is 0 Å². The highest BCUT2D eigenvalue weighted by Crippen LogP contribution is 2.60. The Kier molecular flexibility index (Phi) is 4.81. The Labute approximate surface area is 190 Å². The lowest BCUT2D eigenvalue weighted by Crippen LogP contribution is -2.37. The number of nitrogens with zero attached hydrogens (tertiary/aromatic N) is 3. The second kappa shape index (κ2) is 7.67. The van der Waals surface area contributed by atoms with Gasteiger partial charge in [-0.05, 0) is 63.9 Å². The van der Waals surface area contributed by atoms with Crippen molar-refractivity contribution in [3.05, 3.63) is 93.8 Å². The molecule has 1 fully saturated rings. The number of thiophene rings is 1. The number of carbonyl (C=O) groups excluding carboxylic acids is 1. The normalized spacial score (nSPS) is 22.3. The zero-order valence-electron chi connectivity index (χ0n) is 17.3. The molecule has 3 heterocycles. The van der Waals surface area contributed by atoms with Gasteiger partial charge in [-0.15, -0.1) is 0 Å². The Hall–Kier alpha value is -3.87. The third-order valence-corrected chi connectivity index (χ3v) is 7.19. The van der Waals surface area contributed by atoms with E-state index < -0.39 is 23.4 Å². The average Bonchev–Trinajstić information content (AvgIpc) is 3.48. The minimum atomic E-state index is -1.42. The van der Waals surface area contributed by atoms with Crippen LogP contribution in [0.2, 0.25) is 0 Å². The van der Waals surface area contributed by atoms with Crippen molar-refractivity contribution in [3.8, 4) is 17.9 Å². The Balaban J connectivity index is 1.72. The van der Waals surface area contributed by atoms with E-state index in [0.29, 0.717) is 11.3 Å². The molecule has 0 amide bonds. The van der Waals surface area contributed by atoms with Crippen molar-refractivity contribution in [2.75, 3.05) is 7.11 Å². The maximum Gasteiger partial charge on any atom is 0.185 e. The molecule has 156 valence electrons. The van der Waals surface area contributed by atoms with Crippen LogP contribution in [0.5, 0.6) is 5.75 Å². The van der Waals surface area contributed by atoms with Gasteiger partial charge in [-0.2, -0.15) is 21.9 Å². The first-order valence-electron chi connectivity index (χ1n) is 10.2. The van der Waals surface area contributed by atoms with Gasteiger partial charge >= 0.3 is 0 Å². The summed E-state index contributed by atoms with van der Waals surface area (Å²) >= 11 is 1.50. The number of ketones is 1. The predicted octanol–water partition coefficient (Wildman–Crippen LogP) is 5.17. The molecule has 3 atom stereocenters. The number of fused-ring (bicyclic) bond motifs is 3. The largest absolute Gasteiger partial charge is 0.497 e. The van der Waals surface area contributed by atoms with Crippen LogP contribution in [0.25, 0.3) is 6.08 Å². The minimum Gasteiger partial charge on any atom is -0.497 e. The molecule has 5 rings (SSSR count). The standard InChI is InChI=1S/C26H19N3O2S/c1-31-20-8-6-18(7-9-20)24(30)23-22(19-11-13-32-14-19)26(15-27,16-28)25-21-5-3-2-4-17(21)10-12-29(23)25/h2-14,22-23,25H,1H3/t22-,23+,25-/m1/s1. The quantitative estimate of drug-likeness (QED) is 0.527. The van der Waals surface area contributed by atoms with Gasteiger partial charge in [0.15, 0.2) is 11.2 Å². The lowest BCUT2D eigenvalue weighted by Gasteiger charge is -2.34. The lowest BCUT2D eigenvalue weighted by atomic mass is 9.68. The Morgan fingerprint density at radius 2 is 1.84 bits per heavy atom. The zero-order valence-corrected chi connectivity index (χ0v) is 18.1. The highest BCUT2D eigenvalue weighted by molar-refractivity contribution is 7.08. The van der Waals surface area contributed by atoms with Crippen molar-refractivity contribution < 1.29 is 9.53 Å². The number of hydrogen-bond donors (Lipinski definition) is 0. The van der Waals surface area contributed by atoms with Crippen molar-refractivity contribution >= 4 is 23.2 Å². The van der Waals surface area contributed by atoms with E-state index in [9.17, 15) is 15.3 Å². The predicted molar refractivity (Wildman–Crippen MR) is 122 cm³/mol. The fourth-order valence-corrected chi connectivity index (χ4v) is 5.74. The summed E-state index contributed by atoms with van der Waals surface area (Å²) in [6.45, 7) is 0. The number of rotatable bonds is 4. The maximum absolute atomic E-state index is 13.9. The number of benzene rings is 2. The Morgan fingerprint density at radius 3 is 2.50 bits per heavy atom. The molecule has 2 aromatic carbocycles. The summed E-state index contributed by atoms with van der Waals surface area (Å²) in [7, 11) is 1.58. The molecule has 0 unspecified atom stereocenters. The summed E-state index contributed by atoms with van der Waals surface area (Å²) in [6.07, 6.45) is 3.82. The van der Waals surface area contributed by atoms with E-state index in [4.69, 9.17) is 4.74 Å². The van der Waals surface area contributed by atoms with E-state index in [0.717, 1.165) is 16.7 Å². The topological polar surface area (TPSA) is 77.1 Å². The average molecular weight is 438 g/mol. The molecule has 1 aromatic heterocycles. The number of hydrogen-bond acceptors (Lipinski definition) is 6. The molecule has 0 radical (unpaired) electrons. The third-order valence-electron chi connectivity index (χ3n) is 6.49. The second-order valence-corrected chi connectivity index (χ2v) is 8.74. The molecule has 32 heavy (non-hydrogen) atoms. The first-order chi connectivity index (χ1) is 15.6.